The van der Waals surface area contributed by atoms with E-state index < -0.39 is 0 Å². The summed E-state index contributed by atoms with van der Waals surface area (Å²) in [4.78, 5) is 12.8. The van der Waals surface area contributed by atoms with E-state index in [1.165, 1.54) is 17.1 Å². The van der Waals surface area contributed by atoms with Gasteiger partial charge in [0.2, 0.25) is 0 Å². The Balaban J connectivity index is 1.45. The Morgan fingerprint density at radius 1 is 0.966 bits per heavy atom. The number of hydrogen-bond acceptors (Lipinski definition) is 3. The summed E-state index contributed by atoms with van der Waals surface area (Å²) in [6.07, 6.45) is 1.83. The summed E-state index contributed by atoms with van der Waals surface area (Å²) in [5.41, 5.74) is 3.75. The summed E-state index contributed by atoms with van der Waals surface area (Å²) in [5.74, 6) is 0.285. The van der Waals surface area contributed by atoms with Gasteiger partial charge in [-0.1, -0.05) is 42.5 Å². The van der Waals surface area contributed by atoms with Crippen LogP contribution in [-0.4, -0.2) is 11.6 Å². The second-order valence-corrected chi connectivity index (χ2v) is 6.68. The first-order valence-corrected chi connectivity index (χ1v) is 9.24. The lowest BCUT2D eigenvalue weighted by molar-refractivity contribution is -0.114. The maximum absolute atomic E-state index is 13.0. The molecule has 0 aliphatic carbocycles. The smallest absolute Gasteiger partial charge is 0.280 e. The Bertz CT molecular complexity index is 1070. The van der Waals surface area contributed by atoms with Crippen molar-refractivity contribution in [2.75, 3.05) is 5.01 Å². The van der Waals surface area contributed by atoms with Gasteiger partial charge in [0.1, 0.15) is 18.2 Å². The van der Waals surface area contributed by atoms with Crippen LogP contribution in [0.3, 0.4) is 0 Å². The van der Waals surface area contributed by atoms with Crippen LogP contribution in [0, 0.1) is 5.82 Å². The quantitative estimate of drug-likeness (QED) is 0.565. The number of anilines is 1. The SMILES string of the molecule is CC1=NN(c2ccccc2)C(=O)/C1=C\c1ccc(OCc2ccc(F)cc2)cc1. The first kappa shape index (κ1) is 18.6. The number of ether oxygens (including phenoxy) is 1. The van der Waals surface area contributed by atoms with E-state index in [4.69, 9.17) is 4.74 Å². The maximum Gasteiger partial charge on any atom is 0.280 e. The molecule has 1 amide bonds. The van der Waals surface area contributed by atoms with Crippen LogP contribution in [0.1, 0.15) is 18.1 Å². The summed E-state index contributed by atoms with van der Waals surface area (Å²) < 4.78 is 18.7. The molecule has 1 heterocycles. The molecule has 29 heavy (non-hydrogen) atoms. The van der Waals surface area contributed by atoms with Gasteiger partial charge in [0, 0.05) is 0 Å². The topological polar surface area (TPSA) is 41.9 Å². The van der Waals surface area contributed by atoms with Gasteiger partial charge in [0.25, 0.3) is 5.91 Å². The monoisotopic (exact) mass is 386 g/mol. The average Bonchev–Trinajstić information content (AvgIpc) is 3.03. The molecule has 0 saturated carbocycles. The Kier molecular flexibility index (Phi) is 5.20. The molecular formula is C24H19FN2O2. The van der Waals surface area contributed by atoms with E-state index in [9.17, 15) is 9.18 Å². The zero-order chi connectivity index (χ0) is 20.2. The first-order valence-electron chi connectivity index (χ1n) is 9.24. The van der Waals surface area contributed by atoms with Crippen molar-refractivity contribution < 1.29 is 13.9 Å². The number of para-hydroxylation sites is 1. The van der Waals surface area contributed by atoms with Crippen LogP contribution in [0.2, 0.25) is 0 Å². The number of nitrogens with zero attached hydrogens (tertiary/aromatic N) is 2. The number of carbonyl (C=O) groups excluding carboxylic acids is 1. The molecule has 0 aromatic heterocycles. The minimum Gasteiger partial charge on any atom is -0.489 e. The van der Waals surface area contributed by atoms with Crippen LogP contribution < -0.4 is 9.75 Å². The molecule has 1 aliphatic rings. The molecule has 0 radical (unpaired) electrons. The lowest BCUT2D eigenvalue weighted by Crippen LogP contribution is -2.21. The Hall–Kier alpha value is -3.73. The molecule has 0 saturated heterocycles. The van der Waals surface area contributed by atoms with Gasteiger partial charge in [0.15, 0.2) is 0 Å². The standard InChI is InChI=1S/C24H19FN2O2/c1-17-23(24(28)27(26-17)21-5-3-2-4-6-21)15-18-9-13-22(14-10-18)29-16-19-7-11-20(25)12-8-19/h2-15H,16H2,1H3/b23-15-. The van der Waals surface area contributed by atoms with Gasteiger partial charge in [-0.3, -0.25) is 4.79 Å². The second-order valence-electron chi connectivity index (χ2n) is 6.68. The molecule has 0 spiro atoms. The molecule has 3 aromatic carbocycles. The number of amides is 1. The van der Waals surface area contributed by atoms with Gasteiger partial charge >= 0.3 is 0 Å². The predicted molar refractivity (Wildman–Crippen MR) is 112 cm³/mol. The van der Waals surface area contributed by atoms with Crippen molar-refractivity contribution in [3.05, 3.63) is 101 Å². The lowest BCUT2D eigenvalue weighted by atomic mass is 10.1. The molecular weight excluding hydrogens is 367 g/mol. The van der Waals surface area contributed by atoms with E-state index in [0.29, 0.717) is 23.6 Å². The summed E-state index contributed by atoms with van der Waals surface area (Å²) >= 11 is 0. The van der Waals surface area contributed by atoms with Crippen molar-refractivity contribution in [1.29, 1.82) is 0 Å². The minimum absolute atomic E-state index is 0.148. The molecule has 0 bridgehead atoms. The molecule has 1 aliphatic heterocycles. The second kappa shape index (κ2) is 8.10. The highest BCUT2D eigenvalue weighted by atomic mass is 19.1. The summed E-state index contributed by atoms with van der Waals surface area (Å²) in [7, 11) is 0. The minimum atomic E-state index is -0.266. The van der Waals surface area contributed by atoms with Gasteiger partial charge < -0.3 is 4.74 Å². The Morgan fingerprint density at radius 2 is 1.66 bits per heavy atom. The van der Waals surface area contributed by atoms with Crippen molar-refractivity contribution in [3.63, 3.8) is 0 Å². The van der Waals surface area contributed by atoms with Crippen molar-refractivity contribution in [2.45, 2.75) is 13.5 Å². The molecule has 0 atom stereocenters. The van der Waals surface area contributed by atoms with Crippen LogP contribution in [-0.2, 0) is 11.4 Å². The van der Waals surface area contributed by atoms with Gasteiger partial charge in [-0.25, -0.2) is 4.39 Å². The fourth-order valence-corrected chi connectivity index (χ4v) is 3.00. The predicted octanol–water partition coefficient (Wildman–Crippen LogP) is 5.21. The normalized spacial score (nSPS) is 15.0. The highest BCUT2D eigenvalue weighted by molar-refractivity contribution is 6.32. The largest absolute Gasteiger partial charge is 0.489 e. The van der Waals surface area contributed by atoms with Gasteiger partial charge in [-0.15, -0.1) is 0 Å². The van der Waals surface area contributed by atoms with E-state index in [0.717, 1.165) is 16.8 Å². The van der Waals surface area contributed by atoms with Crippen LogP contribution in [0.15, 0.2) is 89.5 Å². The third-order valence-corrected chi connectivity index (χ3v) is 4.57. The number of benzene rings is 3. The molecule has 0 fully saturated rings. The first-order chi connectivity index (χ1) is 14.1. The number of hydrogen-bond donors (Lipinski definition) is 0. The van der Waals surface area contributed by atoms with Crippen LogP contribution in [0.25, 0.3) is 6.08 Å². The Labute approximate surface area is 168 Å². The fraction of sp³-hybridized carbons (Fsp3) is 0.0833. The summed E-state index contributed by atoms with van der Waals surface area (Å²) in [6.45, 7) is 2.18. The van der Waals surface area contributed by atoms with Crippen LogP contribution in [0.4, 0.5) is 10.1 Å². The van der Waals surface area contributed by atoms with E-state index >= 15 is 0 Å². The molecule has 4 rings (SSSR count). The molecule has 144 valence electrons. The van der Waals surface area contributed by atoms with Gasteiger partial charge in [-0.05, 0) is 60.5 Å². The van der Waals surface area contributed by atoms with Crippen LogP contribution in [0.5, 0.6) is 5.75 Å². The van der Waals surface area contributed by atoms with Crippen molar-refractivity contribution in [3.8, 4) is 5.75 Å². The van der Waals surface area contributed by atoms with E-state index in [1.807, 2.05) is 67.6 Å². The molecule has 5 heteroatoms. The van der Waals surface area contributed by atoms with Crippen LogP contribution >= 0.6 is 0 Å². The van der Waals surface area contributed by atoms with E-state index in [1.54, 1.807) is 12.1 Å². The fourth-order valence-electron chi connectivity index (χ4n) is 3.00. The Morgan fingerprint density at radius 3 is 2.34 bits per heavy atom. The third-order valence-electron chi connectivity index (χ3n) is 4.57. The van der Waals surface area contributed by atoms with Crippen molar-refractivity contribution >= 4 is 23.4 Å². The lowest BCUT2D eigenvalue weighted by Gasteiger charge is -2.11. The van der Waals surface area contributed by atoms with Crippen molar-refractivity contribution in [2.24, 2.45) is 5.10 Å². The number of halogens is 1. The van der Waals surface area contributed by atoms with Gasteiger partial charge in [0.05, 0.1) is 17.0 Å². The number of hydrazone groups is 1. The van der Waals surface area contributed by atoms with Crippen molar-refractivity contribution in [1.82, 2.24) is 0 Å². The zero-order valence-electron chi connectivity index (χ0n) is 15.9. The zero-order valence-corrected chi connectivity index (χ0v) is 15.9. The highest BCUT2D eigenvalue weighted by Gasteiger charge is 2.28. The van der Waals surface area contributed by atoms with E-state index in [2.05, 4.69) is 5.10 Å². The molecule has 4 nitrogen and oxygen atoms in total. The molecule has 0 N–H and O–H groups in total. The maximum atomic E-state index is 13.0. The van der Waals surface area contributed by atoms with E-state index in [-0.39, 0.29) is 11.7 Å². The number of carbonyl (C=O) groups is 1. The highest BCUT2D eigenvalue weighted by Crippen LogP contribution is 2.25. The molecule has 3 aromatic rings. The van der Waals surface area contributed by atoms with Gasteiger partial charge in [-0.2, -0.15) is 10.1 Å². The summed E-state index contributed by atoms with van der Waals surface area (Å²) in [6, 6.07) is 23.0. The molecule has 0 unspecified atom stereocenters. The summed E-state index contributed by atoms with van der Waals surface area (Å²) in [5, 5.41) is 5.80. The number of rotatable bonds is 5. The average molecular weight is 386 g/mol. The third kappa shape index (κ3) is 4.24.